The van der Waals surface area contributed by atoms with Crippen LogP contribution in [0.5, 0.6) is 0 Å². The van der Waals surface area contributed by atoms with Crippen LogP contribution in [0.25, 0.3) is 0 Å². The molecule has 0 saturated carbocycles. The van der Waals surface area contributed by atoms with E-state index in [2.05, 4.69) is 6.92 Å². The first-order valence-corrected chi connectivity index (χ1v) is 6.53. The number of hydrogen-bond donors (Lipinski definition) is 0. The fourth-order valence-corrected chi connectivity index (χ4v) is 1.62. The van der Waals surface area contributed by atoms with Gasteiger partial charge in [0.15, 0.2) is 0 Å². The molecule has 1 aromatic carbocycles. The van der Waals surface area contributed by atoms with Crippen molar-refractivity contribution < 1.29 is 14.3 Å². The maximum Gasteiger partial charge on any atom is 0.120 e. The highest BCUT2D eigenvalue weighted by molar-refractivity contribution is 5.49. The third kappa shape index (κ3) is 6.52. The van der Waals surface area contributed by atoms with Crippen LogP contribution < -0.4 is 0 Å². The van der Waals surface area contributed by atoms with Crippen LogP contribution in [0.4, 0.5) is 0 Å². The fraction of sp³-hybridized carbons (Fsp3) is 0.533. The Balaban J connectivity index is 2.32. The average Bonchev–Trinajstić information content (AvgIpc) is 2.42. The molecule has 0 aliphatic heterocycles. The van der Waals surface area contributed by atoms with Crippen molar-refractivity contribution in [3.05, 3.63) is 35.9 Å². The molecule has 0 bridgehead atoms. The zero-order chi connectivity index (χ0) is 13.1. The van der Waals surface area contributed by atoms with Gasteiger partial charge in [-0.05, 0) is 18.4 Å². The highest BCUT2D eigenvalue weighted by Crippen LogP contribution is 2.08. The van der Waals surface area contributed by atoms with E-state index in [9.17, 15) is 4.79 Å². The maximum atomic E-state index is 10.4. The molecule has 18 heavy (non-hydrogen) atoms. The Labute approximate surface area is 109 Å². The monoisotopic (exact) mass is 250 g/mol. The lowest BCUT2D eigenvalue weighted by molar-refractivity contribution is -0.109. The van der Waals surface area contributed by atoms with Gasteiger partial charge in [0, 0.05) is 13.0 Å². The molecule has 100 valence electrons. The van der Waals surface area contributed by atoms with E-state index in [1.165, 1.54) is 0 Å². The number of benzene rings is 1. The van der Waals surface area contributed by atoms with Crippen molar-refractivity contribution >= 4 is 6.29 Å². The van der Waals surface area contributed by atoms with Gasteiger partial charge in [-0.15, -0.1) is 0 Å². The van der Waals surface area contributed by atoms with Crippen molar-refractivity contribution in [1.29, 1.82) is 0 Å². The third-order valence-electron chi connectivity index (χ3n) is 2.59. The van der Waals surface area contributed by atoms with Crippen LogP contribution >= 0.6 is 0 Å². The Morgan fingerprint density at radius 1 is 1.28 bits per heavy atom. The van der Waals surface area contributed by atoms with Gasteiger partial charge in [-0.2, -0.15) is 0 Å². The minimum Gasteiger partial charge on any atom is -0.379 e. The second-order valence-corrected chi connectivity index (χ2v) is 4.24. The van der Waals surface area contributed by atoms with Crippen molar-refractivity contribution in [3.8, 4) is 0 Å². The number of rotatable bonds is 10. The largest absolute Gasteiger partial charge is 0.379 e. The summed E-state index contributed by atoms with van der Waals surface area (Å²) in [5.74, 6) is 0. The third-order valence-corrected chi connectivity index (χ3v) is 2.59. The summed E-state index contributed by atoms with van der Waals surface area (Å²) >= 11 is 0. The summed E-state index contributed by atoms with van der Waals surface area (Å²) in [5.41, 5.74) is 1.14. The van der Waals surface area contributed by atoms with Crippen molar-refractivity contribution in [2.45, 2.75) is 38.9 Å². The number of carbonyl (C=O) groups excluding carboxylic acids is 1. The number of hydrogen-bond acceptors (Lipinski definition) is 3. The Morgan fingerprint density at radius 2 is 2.06 bits per heavy atom. The van der Waals surface area contributed by atoms with E-state index in [1.54, 1.807) is 0 Å². The molecule has 3 heteroatoms. The highest BCUT2D eigenvalue weighted by Gasteiger charge is 2.09. The quantitative estimate of drug-likeness (QED) is 0.473. The van der Waals surface area contributed by atoms with Crippen LogP contribution in [0.2, 0.25) is 0 Å². The van der Waals surface area contributed by atoms with Gasteiger partial charge in [0.05, 0.1) is 19.3 Å². The van der Waals surface area contributed by atoms with E-state index in [4.69, 9.17) is 9.47 Å². The second-order valence-electron chi connectivity index (χ2n) is 4.24. The number of ether oxygens (including phenoxy) is 2. The van der Waals surface area contributed by atoms with Crippen molar-refractivity contribution in [1.82, 2.24) is 0 Å². The van der Waals surface area contributed by atoms with Gasteiger partial charge < -0.3 is 14.3 Å². The molecule has 0 aliphatic rings. The van der Waals surface area contributed by atoms with Crippen LogP contribution in [0.1, 0.15) is 31.7 Å². The smallest absolute Gasteiger partial charge is 0.120 e. The van der Waals surface area contributed by atoms with Gasteiger partial charge in [-0.25, -0.2) is 0 Å². The van der Waals surface area contributed by atoms with Crippen molar-refractivity contribution in [2.75, 3.05) is 13.2 Å². The number of aldehydes is 1. The molecule has 3 nitrogen and oxygen atoms in total. The average molecular weight is 250 g/mol. The van der Waals surface area contributed by atoms with Gasteiger partial charge in [0.2, 0.25) is 0 Å². The molecule has 1 atom stereocenters. The Morgan fingerprint density at radius 3 is 2.72 bits per heavy atom. The van der Waals surface area contributed by atoms with Crippen molar-refractivity contribution in [3.63, 3.8) is 0 Å². The predicted molar refractivity (Wildman–Crippen MR) is 71.4 cm³/mol. The molecule has 0 saturated heterocycles. The van der Waals surface area contributed by atoms with Crippen LogP contribution in [0, 0.1) is 0 Å². The van der Waals surface area contributed by atoms with Crippen LogP contribution in [-0.4, -0.2) is 25.6 Å². The van der Waals surface area contributed by atoms with Gasteiger partial charge >= 0.3 is 0 Å². The van der Waals surface area contributed by atoms with Gasteiger partial charge in [0.1, 0.15) is 6.29 Å². The normalized spacial score (nSPS) is 12.3. The lowest BCUT2D eigenvalue weighted by Crippen LogP contribution is -2.20. The topological polar surface area (TPSA) is 35.5 Å². The Bertz CT molecular complexity index is 311. The van der Waals surface area contributed by atoms with E-state index >= 15 is 0 Å². The molecular weight excluding hydrogens is 228 g/mol. The first-order chi connectivity index (χ1) is 8.86. The predicted octanol–water partition coefficient (Wildman–Crippen LogP) is 2.98. The summed E-state index contributed by atoms with van der Waals surface area (Å²) in [5, 5.41) is 0. The standard InChI is InChI=1S/C15H22O3/c1-2-11-17-13-15(9-6-10-16)18-12-14-7-4-3-5-8-14/h3-5,7-8,10,15H,2,6,9,11-13H2,1H3. The molecule has 0 N–H and O–H groups in total. The van der Waals surface area contributed by atoms with Crippen LogP contribution in [-0.2, 0) is 20.9 Å². The summed E-state index contributed by atoms with van der Waals surface area (Å²) < 4.78 is 11.3. The van der Waals surface area contributed by atoms with Gasteiger partial charge in [-0.3, -0.25) is 0 Å². The summed E-state index contributed by atoms with van der Waals surface area (Å²) in [4.78, 5) is 10.4. The van der Waals surface area contributed by atoms with Crippen molar-refractivity contribution in [2.24, 2.45) is 0 Å². The summed E-state index contributed by atoms with van der Waals surface area (Å²) in [7, 11) is 0. The molecule has 0 spiro atoms. The zero-order valence-corrected chi connectivity index (χ0v) is 11.0. The first-order valence-electron chi connectivity index (χ1n) is 6.53. The minimum absolute atomic E-state index is 0.00181. The van der Waals surface area contributed by atoms with E-state index in [0.29, 0.717) is 19.6 Å². The molecule has 1 rings (SSSR count). The lowest BCUT2D eigenvalue weighted by Gasteiger charge is -2.17. The summed E-state index contributed by atoms with van der Waals surface area (Å²) in [6, 6.07) is 10.0. The first kappa shape index (κ1) is 14.9. The van der Waals surface area contributed by atoms with E-state index in [-0.39, 0.29) is 6.10 Å². The number of carbonyl (C=O) groups is 1. The van der Waals surface area contributed by atoms with E-state index in [0.717, 1.165) is 31.3 Å². The highest BCUT2D eigenvalue weighted by atomic mass is 16.5. The van der Waals surface area contributed by atoms with Gasteiger partial charge in [-0.1, -0.05) is 37.3 Å². The SMILES string of the molecule is CCCOCC(CCC=O)OCc1ccccc1. The zero-order valence-electron chi connectivity index (χ0n) is 11.0. The summed E-state index contributed by atoms with van der Waals surface area (Å²) in [6.07, 6.45) is 3.18. The summed E-state index contributed by atoms with van der Waals surface area (Å²) in [6.45, 7) is 3.95. The molecule has 1 aromatic rings. The van der Waals surface area contributed by atoms with Crippen LogP contribution in [0.15, 0.2) is 30.3 Å². The lowest BCUT2D eigenvalue weighted by atomic mass is 10.2. The maximum absolute atomic E-state index is 10.4. The Hall–Kier alpha value is -1.19. The fourth-order valence-electron chi connectivity index (χ4n) is 1.62. The molecule has 0 aromatic heterocycles. The Kier molecular flexibility index (Phi) is 8.10. The molecule has 1 unspecified atom stereocenters. The molecule has 0 amide bonds. The van der Waals surface area contributed by atoms with Crippen LogP contribution in [0.3, 0.4) is 0 Å². The van der Waals surface area contributed by atoms with Gasteiger partial charge in [0.25, 0.3) is 0 Å². The van der Waals surface area contributed by atoms with E-state index in [1.807, 2.05) is 30.3 Å². The van der Waals surface area contributed by atoms with E-state index < -0.39 is 0 Å². The second kappa shape index (κ2) is 9.80. The minimum atomic E-state index is 0.00181. The molecular formula is C15H22O3. The molecule has 0 fully saturated rings. The molecule has 0 radical (unpaired) electrons. The molecule has 0 heterocycles. The molecule has 0 aliphatic carbocycles.